The Morgan fingerprint density at radius 1 is 1.62 bits per heavy atom. The first kappa shape index (κ1) is 11.1. The number of esters is 1. The second-order valence-electron chi connectivity index (χ2n) is 3.45. The largest absolute Gasteiger partial charge is 0.467 e. The van der Waals surface area contributed by atoms with E-state index in [9.17, 15) is 4.79 Å². The van der Waals surface area contributed by atoms with Crippen molar-refractivity contribution in [2.45, 2.75) is 13.0 Å². The first-order valence-corrected chi connectivity index (χ1v) is 5.63. The minimum atomic E-state index is -0.358. The molecule has 0 bridgehead atoms. The van der Waals surface area contributed by atoms with E-state index >= 15 is 0 Å². The van der Waals surface area contributed by atoms with Crippen molar-refractivity contribution in [2.75, 3.05) is 7.11 Å². The Balaban J connectivity index is 2.57. The summed E-state index contributed by atoms with van der Waals surface area (Å²) in [5.74, 6) is -0.270. The van der Waals surface area contributed by atoms with Gasteiger partial charge in [-0.25, -0.2) is 4.79 Å². The van der Waals surface area contributed by atoms with Crippen molar-refractivity contribution in [1.82, 2.24) is 9.55 Å². The molecule has 2 aromatic heterocycles. The SMILES string of the molecule is COC(=O)[C@@H](C)n1cc(Br)c2ncccc21. The molecule has 0 fully saturated rings. The standard InChI is InChI=1S/C11H11BrN2O2/c1-7(11(15)16-2)14-6-8(12)10-9(14)4-3-5-13-10/h3-7H,1-2H3/t7-/m1/s1. The molecule has 0 aromatic carbocycles. The molecule has 0 saturated carbocycles. The average molecular weight is 283 g/mol. The molecular formula is C11H11BrN2O2. The van der Waals surface area contributed by atoms with Gasteiger partial charge in [-0.15, -0.1) is 0 Å². The zero-order valence-electron chi connectivity index (χ0n) is 8.98. The fraction of sp³-hybridized carbons (Fsp3) is 0.273. The van der Waals surface area contributed by atoms with Crippen molar-refractivity contribution in [3.8, 4) is 0 Å². The van der Waals surface area contributed by atoms with Crippen molar-refractivity contribution < 1.29 is 9.53 Å². The van der Waals surface area contributed by atoms with Crippen LogP contribution in [0.4, 0.5) is 0 Å². The van der Waals surface area contributed by atoms with Crippen molar-refractivity contribution >= 4 is 32.9 Å². The molecule has 84 valence electrons. The molecule has 0 spiro atoms. The van der Waals surface area contributed by atoms with Gasteiger partial charge < -0.3 is 9.30 Å². The van der Waals surface area contributed by atoms with Crippen LogP contribution in [0.3, 0.4) is 0 Å². The van der Waals surface area contributed by atoms with Crippen molar-refractivity contribution in [1.29, 1.82) is 0 Å². The lowest BCUT2D eigenvalue weighted by Gasteiger charge is -2.12. The highest BCUT2D eigenvalue weighted by Gasteiger charge is 2.18. The average Bonchev–Trinajstić information content (AvgIpc) is 2.65. The molecule has 0 radical (unpaired) electrons. The van der Waals surface area contributed by atoms with E-state index in [-0.39, 0.29) is 12.0 Å². The van der Waals surface area contributed by atoms with E-state index in [1.165, 1.54) is 7.11 Å². The maximum atomic E-state index is 11.5. The molecule has 0 aliphatic carbocycles. The van der Waals surface area contributed by atoms with Gasteiger partial charge in [0.25, 0.3) is 0 Å². The van der Waals surface area contributed by atoms with Gasteiger partial charge in [-0.1, -0.05) is 0 Å². The molecule has 4 nitrogen and oxygen atoms in total. The number of pyridine rings is 1. The van der Waals surface area contributed by atoms with Crippen molar-refractivity contribution in [3.05, 3.63) is 29.0 Å². The highest BCUT2D eigenvalue weighted by atomic mass is 79.9. The summed E-state index contributed by atoms with van der Waals surface area (Å²) in [5.41, 5.74) is 1.76. The highest BCUT2D eigenvalue weighted by molar-refractivity contribution is 9.10. The Morgan fingerprint density at radius 2 is 2.38 bits per heavy atom. The number of nitrogens with zero attached hydrogens (tertiary/aromatic N) is 2. The van der Waals surface area contributed by atoms with Gasteiger partial charge in [-0.2, -0.15) is 0 Å². The number of rotatable bonds is 2. The molecule has 0 N–H and O–H groups in total. The van der Waals surface area contributed by atoms with Crippen molar-refractivity contribution in [3.63, 3.8) is 0 Å². The number of ether oxygens (including phenoxy) is 1. The quantitative estimate of drug-likeness (QED) is 0.795. The van der Waals surface area contributed by atoms with Gasteiger partial charge in [0.1, 0.15) is 11.6 Å². The zero-order valence-corrected chi connectivity index (χ0v) is 10.6. The van der Waals surface area contributed by atoms with E-state index in [2.05, 4.69) is 20.9 Å². The first-order valence-electron chi connectivity index (χ1n) is 4.84. The Hall–Kier alpha value is -1.36. The van der Waals surface area contributed by atoms with Gasteiger partial charge in [-0.05, 0) is 35.0 Å². The second kappa shape index (κ2) is 4.25. The smallest absolute Gasteiger partial charge is 0.328 e. The van der Waals surface area contributed by atoms with Crippen LogP contribution in [0.5, 0.6) is 0 Å². The van der Waals surface area contributed by atoms with Crippen LogP contribution in [0.2, 0.25) is 0 Å². The molecule has 1 atom stereocenters. The third kappa shape index (κ3) is 1.71. The van der Waals surface area contributed by atoms with Crippen molar-refractivity contribution in [2.24, 2.45) is 0 Å². The maximum absolute atomic E-state index is 11.5. The topological polar surface area (TPSA) is 44.1 Å². The third-order valence-electron chi connectivity index (χ3n) is 2.50. The molecule has 0 saturated heterocycles. The van der Waals surface area contributed by atoms with E-state index in [0.29, 0.717) is 0 Å². The van der Waals surface area contributed by atoms with Crippen LogP contribution in [-0.4, -0.2) is 22.6 Å². The van der Waals surface area contributed by atoms with E-state index in [0.717, 1.165) is 15.5 Å². The number of methoxy groups -OCH3 is 1. The second-order valence-corrected chi connectivity index (χ2v) is 4.31. The molecule has 0 aliphatic rings. The Bertz CT molecular complexity index is 536. The third-order valence-corrected chi connectivity index (χ3v) is 3.08. The number of carbonyl (C=O) groups is 1. The fourth-order valence-corrected chi connectivity index (χ4v) is 2.17. The minimum Gasteiger partial charge on any atom is -0.467 e. The molecule has 2 heterocycles. The van der Waals surface area contributed by atoms with E-state index in [1.54, 1.807) is 13.1 Å². The van der Waals surface area contributed by atoms with Crippen LogP contribution >= 0.6 is 15.9 Å². The fourth-order valence-electron chi connectivity index (χ4n) is 1.65. The van der Waals surface area contributed by atoms with Gasteiger partial charge in [0.2, 0.25) is 0 Å². The lowest BCUT2D eigenvalue weighted by molar-refractivity contribution is -0.143. The number of hydrogen-bond donors (Lipinski definition) is 0. The van der Waals surface area contributed by atoms with Crippen LogP contribution in [0.15, 0.2) is 29.0 Å². The number of aromatic nitrogens is 2. The van der Waals surface area contributed by atoms with Gasteiger partial charge in [0.05, 0.1) is 17.1 Å². The van der Waals surface area contributed by atoms with E-state index in [1.807, 2.05) is 22.9 Å². The summed E-state index contributed by atoms with van der Waals surface area (Å²) in [4.78, 5) is 15.7. The molecule has 0 amide bonds. The first-order chi connectivity index (χ1) is 7.65. The summed E-state index contributed by atoms with van der Waals surface area (Å²) in [5, 5.41) is 0. The van der Waals surface area contributed by atoms with E-state index < -0.39 is 0 Å². The summed E-state index contributed by atoms with van der Waals surface area (Å²) in [6.45, 7) is 1.80. The van der Waals surface area contributed by atoms with Gasteiger partial charge in [0, 0.05) is 12.4 Å². The van der Waals surface area contributed by atoms with E-state index in [4.69, 9.17) is 4.74 Å². The number of fused-ring (bicyclic) bond motifs is 1. The van der Waals surface area contributed by atoms with Crippen LogP contribution in [0.25, 0.3) is 11.0 Å². The predicted molar refractivity (Wildman–Crippen MR) is 64.2 cm³/mol. The zero-order chi connectivity index (χ0) is 11.7. The number of hydrogen-bond acceptors (Lipinski definition) is 3. The highest BCUT2D eigenvalue weighted by Crippen LogP contribution is 2.27. The molecule has 0 unspecified atom stereocenters. The van der Waals surface area contributed by atoms with Crippen LogP contribution in [0, 0.1) is 0 Å². The summed E-state index contributed by atoms with van der Waals surface area (Å²) in [7, 11) is 1.39. The number of halogens is 1. The summed E-state index contributed by atoms with van der Waals surface area (Å²) in [6, 6.07) is 3.41. The normalized spacial score (nSPS) is 12.7. The molecule has 2 rings (SSSR count). The van der Waals surface area contributed by atoms with Crippen LogP contribution < -0.4 is 0 Å². The predicted octanol–water partition coefficient (Wildman–Crippen LogP) is 2.53. The van der Waals surface area contributed by atoms with Gasteiger partial charge in [-0.3, -0.25) is 4.98 Å². The Labute approximate surface area is 101 Å². The van der Waals surface area contributed by atoms with Crippen LogP contribution in [-0.2, 0) is 9.53 Å². The monoisotopic (exact) mass is 282 g/mol. The van der Waals surface area contributed by atoms with Gasteiger partial charge in [0.15, 0.2) is 0 Å². The maximum Gasteiger partial charge on any atom is 0.328 e. The summed E-state index contributed by atoms with van der Waals surface area (Å²) in [6.07, 6.45) is 3.57. The summed E-state index contributed by atoms with van der Waals surface area (Å²) >= 11 is 3.42. The lowest BCUT2D eigenvalue weighted by atomic mass is 10.3. The molecule has 16 heavy (non-hydrogen) atoms. The molecule has 0 aliphatic heterocycles. The minimum absolute atomic E-state index is 0.270. The molecule has 5 heteroatoms. The molecule has 2 aromatic rings. The number of carbonyl (C=O) groups excluding carboxylic acids is 1. The van der Waals surface area contributed by atoms with Crippen LogP contribution in [0.1, 0.15) is 13.0 Å². The summed E-state index contributed by atoms with van der Waals surface area (Å²) < 4.78 is 7.45. The molecular weight excluding hydrogens is 272 g/mol. The Morgan fingerprint density at radius 3 is 3.06 bits per heavy atom. The lowest BCUT2D eigenvalue weighted by Crippen LogP contribution is -2.16. The van der Waals surface area contributed by atoms with Gasteiger partial charge >= 0.3 is 5.97 Å². The Kier molecular flexibility index (Phi) is 2.96.